The molecule has 5 nitrogen and oxygen atoms in total. The van der Waals surface area contributed by atoms with Crippen LogP contribution in [0.4, 0.5) is 0 Å². The summed E-state index contributed by atoms with van der Waals surface area (Å²) in [6.07, 6.45) is 4.90. The number of ether oxygens (including phenoxy) is 2. The zero-order valence-corrected chi connectivity index (χ0v) is 14.4. The highest BCUT2D eigenvalue weighted by molar-refractivity contribution is 5.38. The minimum atomic E-state index is 0.526. The molecule has 5 heteroatoms. The molecule has 128 valence electrons. The molecule has 0 aliphatic carbocycles. The Kier molecular flexibility index (Phi) is 5.67. The van der Waals surface area contributed by atoms with E-state index in [0.29, 0.717) is 6.04 Å². The zero-order chi connectivity index (χ0) is 16.8. The van der Waals surface area contributed by atoms with Crippen LogP contribution in [0, 0.1) is 0 Å². The van der Waals surface area contributed by atoms with E-state index in [4.69, 9.17) is 9.47 Å². The second-order valence-corrected chi connectivity index (χ2v) is 6.18. The highest BCUT2D eigenvalue weighted by Crippen LogP contribution is 2.24. The molecule has 0 amide bonds. The molecule has 1 aliphatic rings. The van der Waals surface area contributed by atoms with Crippen molar-refractivity contribution in [3.05, 3.63) is 53.9 Å². The number of methoxy groups -OCH3 is 2. The molecular weight excluding hydrogens is 302 g/mol. The zero-order valence-electron chi connectivity index (χ0n) is 14.4. The fourth-order valence-electron chi connectivity index (χ4n) is 3.12. The SMILES string of the molecule is COc1cc(CN2CC[C@@H](NCc3cccnc3)C2)cc(OC)c1. The first-order valence-electron chi connectivity index (χ1n) is 8.33. The average molecular weight is 327 g/mol. The van der Waals surface area contributed by atoms with E-state index in [1.54, 1.807) is 14.2 Å². The van der Waals surface area contributed by atoms with Crippen LogP contribution in [0.1, 0.15) is 17.5 Å². The maximum atomic E-state index is 5.35. The van der Waals surface area contributed by atoms with Gasteiger partial charge in [0, 0.05) is 50.7 Å². The summed E-state index contributed by atoms with van der Waals surface area (Å²) in [5, 5.41) is 3.63. The third kappa shape index (κ3) is 4.46. The van der Waals surface area contributed by atoms with Gasteiger partial charge in [0.2, 0.25) is 0 Å². The Morgan fingerprint density at radius 2 is 1.96 bits per heavy atom. The number of aromatic nitrogens is 1. The lowest BCUT2D eigenvalue weighted by molar-refractivity contribution is 0.317. The normalized spacial score (nSPS) is 17.8. The lowest BCUT2D eigenvalue weighted by atomic mass is 10.2. The number of hydrogen-bond acceptors (Lipinski definition) is 5. The molecule has 1 aliphatic heterocycles. The van der Waals surface area contributed by atoms with Crippen LogP contribution in [-0.2, 0) is 13.1 Å². The molecular formula is C19H25N3O2. The molecule has 24 heavy (non-hydrogen) atoms. The Morgan fingerprint density at radius 3 is 2.62 bits per heavy atom. The summed E-state index contributed by atoms with van der Waals surface area (Å²) in [7, 11) is 3.37. The number of pyridine rings is 1. The summed E-state index contributed by atoms with van der Waals surface area (Å²) in [4.78, 5) is 6.63. The van der Waals surface area contributed by atoms with E-state index in [-0.39, 0.29) is 0 Å². The summed E-state index contributed by atoms with van der Waals surface area (Å²) < 4.78 is 10.7. The predicted octanol–water partition coefficient (Wildman–Crippen LogP) is 2.46. The Hall–Kier alpha value is -2.11. The van der Waals surface area contributed by atoms with Gasteiger partial charge in [0.25, 0.3) is 0 Å². The van der Waals surface area contributed by atoms with E-state index >= 15 is 0 Å². The topological polar surface area (TPSA) is 46.6 Å². The first kappa shape index (κ1) is 16.7. The van der Waals surface area contributed by atoms with Crippen LogP contribution in [0.5, 0.6) is 11.5 Å². The lowest BCUT2D eigenvalue weighted by Crippen LogP contribution is -2.32. The molecule has 2 heterocycles. The second kappa shape index (κ2) is 8.13. The number of hydrogen-bond donors (Lipinski definition) is 1. The molecule has 1 atom stereocenters. The van der Waals surface area contributed by atoms with Crippen LogP contribution in [0.15, 0.2) is 42.7 Å². The molecule has 0 radical (unpaired) electrons. The van der Waals surface area contributed by atoms with Crippen molar-refractivity contribution in [1.29, 1.82) is 0 Å². The van der Waals surface area contributed by atoms with Gasteiger partial charge in [-0.25, -0.2) is 0 Å². The Balaban J connectivity index is 1.52. The largest absolute Gasteiger partial charge is 0.497 e. The van der Waals surface area contributed by atoms with Gasteiger partial charge in [-0.05, 0) is 35.7 Å². The lowest BCUT2D eigenvalue weighted by Gasteiger charge is -2.18. The van der Waals surface area contributed by atoms with E-state index in [2.05, 4.69) is 33.4 Å². The molecule has 2 aromatic rings. The van der Waals surface area contributed by atoms with Gasteiger partial charge in [-0.15, -0.1) is 0 Å². The average Bonchev–Trinajstić information content (AvgIpc) is 3.07. The quantitative estimate of drug-likeness (QED) is 0.846. The predicted molar refractivity (Wildman–Crippen MR) is 94.3 cm³/mol. The molecule has 0 unspecified atom stereocenters. The highest BCUT2D eigenvalue weighted by Gasteiger charge is 2.22. The number of nitrogens with one attached hydrogen (secondary N) is 1. The van der Waals surface area contributed by atoms with Crippen molar-refractivity contribution in [2.75, 3.05) is 27.3 Å². The standard InChI is InChI=1S/C19H25N3O2/c1-23-18-8-16(9-19(10-18)24-2)13-22-7-5-17(14-22)21-12-15-4-3-6-20-11-15/h3-4,6,8-11,17,21H,5,7,12-14H2,1-2H3/t17-/m1/s1. The van der Waals surface area contributed by atoms with Crippen LogP contribution in [0.2, 0.25) is 0 Å². The van der Waals surface area contributed by atoms with Crippen molar-refractivity contribution >= 4 is 0 Å². The number of benzene rings is 1. The fraction of sp³-hybridized carbons (Fsp3) is 0.421. The van der Waals surface area contributed by atoms with Gasteiger partial charge in [-0.2, -0.15) is 0 Å². The summed E-state index contributed by atoms with van der Waals surface area (Å²) in [5.41, 5.74) is 2.45. The van der Waals surface area contributed by atoms with Crippen LogP contribution < -0.4 is 14.8 Å². The Bertz CT molecular complexity index is 626. The minimum absolute atomic E-state index is 0.526. The Labute approximate surface area is 143 Å². The third-order valence-electron chi connectivity index (χ3n) is 4.41. The first-order valence-corrected chi connectivity index (χ1v) is 8.33. The molecule has 1 saturated heterocycles. The van der Waals surface area contributed by atoms with Crippen molar-refractivity contribution in [1.82, 2.24) is 15.2 Å². The second-order valence-electron chi connectivity index (χ2n) is 6.18. The van der Waals surface area contributed by atoms with Crippen LogP contribution >= 0.6 is 0 Å². The molecule has 0 spiro atoms. The van der Waals surface area contributed by atoms with Gasteiger partial charge in [-0.3, -0.25) is 9.88 Å². The molecule has 0 saturated carbocycles. The van der Waals surface area contributed by atoms with E-state index in [1.807, 2.05) is 24.5 Å². The van der Waals surface area contributed by atoms with Gasteiger partial charge in [-0.1, -0.05) is 6.07 Å². The molecule has 3 rings (SSSR count). The van der Waals surface area contributed by atoms with E-state index in [1.165, 1.54) is 17.5 Å². The fourth-order valence-corrected chi connectivity index (χ4v) is 3.12. The van der Waals surface area contributed by atoms with Crippen molar-refractivity contribution in [2.24, 2.45) is 0 Å². The van der Waals surface area contributed by atoms with Crippen molar-refractivity contribution in [3.8, 4) is 11.5 Å². The molecule has 1 N–H and O–H groups in total. The van der Waals surface area contributed by atoms with Crippen LogP contribution in [0.25, 0.3) is 0 Å². The molecule has 1 aromatic heterocycles. The van der Waals surface area contributed by atoms with E-state index in [9.17, 15) is 0 Å². The summed E-state index contributed by atoms with van der Waals surface area (Å²) in [6.45, 7) is 3.95. The summed E-state index contributed by atoms with van der Waals surface area (Å²) in [6, 6.07) is 10.7. The van der Waals surface area contributed by atoms with Crippen molar-refractivity contribution in [3.63, 3.8) is 0 Å². The number of rotatable bonds is 7. The minimum Gasteiger partial charge on any atom is -0.497 e. The first-order chi connectivity index (χ1) is 11.8. The maximum absolute atomic E-state index is 5.35. The molecule has 0 bridgehead atoms. The van der Waals surface area contributed by atoms with Crippen LogP contribution in [0.3, 0.4) is 0 Å². The van der Waals surface area contributed by atoms with E-state index < -0.39 is 0 Å². The number of nitrogens with zero attached hydrogens (tertiary/aromatic N) is 2. The van der Waals surface area contributed by atoms with Gasteiger partial charge in [0.05, 0.1) is 14.2 Å². The monoisotopic (exact) mass is 327 g/mol. The van der Waals surface area contributed by atoms with Gasteiger partial charge in [0.15, 0.2) is 0 Å². The summed E-state index contributed by atoms with van der Waals surface area (Å²) >= 11 is 0. The Morgan fingerprint density at radius 1 is 1.17 bits per heavy atom. The van der Waals surface area contributed by atoms with Gasteiger partial charge in [0.1, 0.15) is 11.5 Å². The number of likely N-dealkylation sites (tertiary alicyclic amines) is 1. The van der Waals surface area contributed by atoms with Gasteiger partial charge < -0.3 is 14.8 Å². The third-order valence-corrected chi connectivity index (χ3v) is 4.41. The summed E-state index contributed by atoms with van der Waals surface area (Å²) in [5.74, 6) is 1.68. The van der Waals surface area contributed by atoms with Crippen molar-refractivity contribution in [2.45, 2.75) is 25.6 Å². The highest BCUT2D eigenvalue weighted by atomic mass is 16.5. The maximum Gasteiger partial charge on any atom is 0.122 e. The molecule has 1 aromatic carbocycles. The smallest absolute Gasteiger partial charge is 0.122 e. The molecule has 1 fully saturated rings. The van der Waals surface area contributed by atoms with Crippen LogP contribution in [-0.4, -0.2) is 43.2 Å². The van der Waals surface area contributed by atoms with Gasteiger partial charge >= 0.3 is 0 Å². The van der Waals surface area contributed by atoms with Crippen molar-refractivity contribution < 1.29 is 9.47 Å². The van der Waals surface area contributed by atoms with E-state index in [0.717, 1.165) is 37.7 Å².